The van der Waals surface area contributed by atoms with Crippen LogP contribution in [0.1, 0.15) is 5.56 Å². The summed E-state index contributed by atoms with van der Waals surface area (Å²) in [6.45, 7) is 1.86. The van der Waals surface area contributed by atoms with Crippen molar-refractivity contribution in [2.75, 3.05) is 0 Å². The fraction of sp³-hybridized carbons (Fsp3) is 0.250. The van der Waals surface area contributed by atoms with Crippen molar-refractivity contribution in [3.63, 3.8) is 0 Å². The van der Waals surface area contributed by atoms with Crippen molar-refractivity contribution in [1.82, 2.24) is 9.19 Å². The molecule has 1 aromatic heterocycles. The van der Waals surface area contributed by atoms with E-state index in [4.69, 9.17) is 0 Å². The summed E-state index contributed by atoms with van der Waals surface area (Å²) in [6, 6.07) is 0. The van der Waals surface area contributed by atoms with Crippen molar-refractivity contribution < 1.29 is 3.89 Å². The molecule has 0 amide bonds. The predicted octanol–water partition coefficient (Wildman–Crippen LogP) is 1.57. The lowest BCUT2D eigenvalue weighted by molar-refractivity contribution is 0.878. The molecule has 0 saturated carbocycles. The second kappa shape index (κ2) is 2.17. The van der Waals surface area contributed by atoms with E-state index in [0.717, 1.165) is 9.65 Å². The van der Waals surface area contributed by atoms with Gasteiger partial charge in [-0.3, -0.25) is 0 Å². The van der Waals surface area contributed by atoms with Crippen molar-refractivity contribution in [2.24, 2.45) is 0 Å². The maximum atomic E-state index is 11.6. The number of hydrogen-bond donors (Lipinski definition) is 0. The van der Waals surface area contributed by atoms with Crippen LogP contribution in [0.5, 0.6) is 0 Å². The van der Waals surface area contributed by atoms with Crippen LogP contribution in [-0.2, 0) is 0 Å². The Balaban J connectivity index is 2.84. The molecule has 0 aliphatic carbocycles. The van der Waals surface area contributed by atoms with Gasteiger partial charge in [0, 0.05) is 6.20 Å². The van der Waals surface area contributed by atoms with Gasteiger partial charge in [0.05, 0.1) is 6.20 Å². The minimum atomic E-state index is 0.0952. The SMILES string of the molecule is Cc1cnn(SF)c1. The summed E-state index contributed by atoms with van der Waals surface area (Å²) in [6.07, 6.45) is 3.22. The molecule has 8 heavy (non-hydrogen) atoms. The van der Waals surface area contributed by atoms with E-state index in [1.807, 2.05) is 6.92 Å². The first kappa shape index (κ1) is 5.62. The molecule has 0 atom stereocenters. The highest BCUT2D eigenvalue weighted by Gasteiger charge is 1.89. The van der Waals surface area contributed by atoms with Crippen LogP contribution in [0.25, 0.3) is 0 Å². The normalized spacial score (nSPS) is 9.75. The lowest BCUT2D eigenvalue weighted by Crippen LogP contribution is -1.78. The van der Waals surface area contributed by atoms with E-state index in [1.165, 1.54) is 0 Å². The second-order valence-electron chi connectivity index (χ2n) is 1.49. The van der Waals surface area contributed by atoms with Crippen LogP contribution in [-0.4, -0.2) is 9.19 Å². The number of aromatic nitrogens is 2. The van der Waals surface area contributed by atoms with Crippen molar-refractivity contribution in [2.45, 2.75) is 6.92 Å². The first-order valence-corrected chi connectivity index (χ1v) is 2.80. The molecule has 0 aliphatic rings. The van der Waals surface area contributed by atoms with Crippen molar-refractivity contribution in [1.29, 1.82) is 0 Å². The smallest absolute Gasteiger partial charge is 0.184 e. The third-order valence-electron chi connectivity index (χ3n) is 0.760. The van der Waals surface area contributed by atoms with Gasteiger partial charge in [0.1, 0.15) is 0 Å². The molecule has 0 unspecified atom stereocenters. The van der Waals surface area contributed by atoms with Crippen molar-refractivity contribution >= 4 is 12.3 Å². The lowest BCUT2D eigenvalue weighted by Gasteiger charge is -1.81. The topological polar surface area (TPSA) is 17.8 Å². The summed E-state index contributed by atoms with van der Waals surface area (Å²) in [7, 11) is 0. The van der Waals surface area contributed by atoms with E-state index >= 15 is 0 Å². The largest absolute Gasteiger partial charge is 0.187 e. The van der Waals surface area contributed by atoms with Gasteiger partial charge < -0.3 is 0 Å². The van der Waals surface area contributed by atoms with E-state index < -0.39 is 0 Å². The van der Waals surface area contributed by atoms with Gasteiger partial charge in [-0.2, -0.15) is 9.19 Å². The molecular weight excluding hydrogens is 127 g/mol. The number of aryl methyl sites for hydroxylation is 1. The molecule has 1 rings (SSSR count). The van der Waals surface area contributed by atoms with E-state index in [0.29, 0.717) is 0 Å². The van der Waals surface area contributed by atoms with E-state index in [9.17, 15) is 3.89 Å². The zero-order valence-electron chi connectivity index (χ0n) is 4.34. The van der Waals surface area contributed by atoms with Crippen LogP contribution in [0.4, 0.5) is 3.89 Å². The minimum absolute atomic E-state index is 0.0952. The number of halogens is 1. The molecular formula is C4H5FN2S. The van der Waals surface area contributed by atoms with Crippen molar-refractivity contribution in [3.8, 4) is 0 Å². The van der Waals surface area contributed by atoms with Crippen LogP contribution >= 0.6 is 12.3 Å². The van der Waals surface area contributed by atoms with Crippen LogP contribution < -0.4 is 0 Å². The number of hydrogen-bond acceptors (Lipinski definition) is 2. The molecule has 4 heteroatoms. The molecule has 0 radical (unpaired) electrons. The van der Waals surface area contributed by atoms with Gasteiger partial charge in [-0.15, -0.1) is 3.89 Å². The summed E-state index contributed by atoms with van der Waals surface area (Å²) in [5, 5.41) is 3.64. The Hall–Kier alpha value is -0.510. The third kappa shape index (κ3) is 1.01. The molecule has 1 heterocycles. The fourth-order valence-corrected chi connectivity index (χ4v) is 0.715. The van der Waals surface area contributed by atoms with Gasteiger partial charge >= 0.3 is 0 Å². The summed E-state index contributed by atoms with van der Waals surface area (Å²) >= 11 is 0.0952. The molecule has 0 bridgehead atoms. The van der Waals surface area contributed by atoms with Gasteiger partial charge in [0.15, 0.2) is 12.3 Å². The minimum Gasteiger partial charge on any atom is -0.184 e. The molecule has 1 aromatic rings. The Labute approximate surface area is 51.1 Å². The van der Waals surface area contributed by atoms with Gasteiger partial charge in [0.25, 0.3) is 0 Å². The average molecular weight is 132 g/mol. The first-order valence-electron chi connectivity index (χ1n) is 2.13. The fourth-order valence-electron chi connectivity index (χ4n) is 0.427. The summed E-state index contributed by atoms with van der Waals surface area (Å²) in [4.78, 5) is 0. The molecule has 0 spiro atoms. The van der Waals surface area contributed by atoms with E-state index in [2.05, 4.69) is 5.10 Å². The summed E-state index contributed by atoms with van der Waals surface area (Å²) in [5.41, 5.74) is 0.968. The molecule has 0 saturated heterocycles. The summed E-state index contributed by atoms with van der Waals surface area (Å²) < 4.78 is 12.7. The maximum Gasteiger partial charge on any atom is 0.187 e. The maximum absolute atomic E-state index is 11.6. The predicted molar refractivity (Wildman–Crippen MR) is 31.1 cm³/mol. The Morgan fingerprint density at radius 2 is 2.62 bits per heavy atom. The first-order chi connectivity index (χ1) is 3.83. The van der Waals surface area contributed by atoms with Crippen LogP contribution in [0.3, 0.4) is 0 Å². The molecule has 0 aromatic carbocycles. The zero-order valence-corrected chi connectivity index (χ0v) is 5.15. The van der Waals surface area contributed by atoms with Crippen LogP contribution in [0.2, 0.25) is 0 Å². The van der Waals surface area contributed by atoms with Gasteiger partial charge in [-0.05, 0) is 12.5 Å². The van der Waals surface area contributed by atoms with Gasteiger partial charge in [-0.1, -0.05) is 0 Å². The number of rotatable bonds is 1. The monoisotopic (exact) mass is 132 g/mol. The Morgan fingerprint density at radius 3 is 2.88 bits per heavy atom. The Bertz CT molecular complexity index is 174. The molecule has 0 N–H and O–H groups in total. The van der Waals surface area contributed by atoms with Crippen LogP contribution in [0, 0.1) is 6.92 Å². The molecule has 44 valence electrons. The highest BCUT2D eigenvalue weighted by atomic mass is 32.2. The second-order valence-corrected chi connectivity index (χ2v) is 2.00. The van der Waals surface area contributed by atoms with Gasteiger partial charge in [0.2, 0.25) is 0 Å². The van der Waals surface area contributed by atoms with E-state index in [-0.39, 0.29) is 12.3 Å². The summed E-state index contributed by atoms with van der Waals surface area (Å²) in [5.74, 6) is 0. The zero-order chi connectivity index (χ0) is 5.98. The van der Waals surface area contributed by atoms with Gasteiger partial charge in [-0.25, -0.2) is 0 Å². The standard InChI is InChI=1S/C4H5FN2S/c1-4-2-6-7(3-4)8-5/h2-3H,1H3. The van der Waals surface area contributed by atoms with E-state index in [1.54, 1.807) is 12.4 Å². The van der Waals surface area contributed by atoms with Crippen molar-refractivity contribution in [3.05, 3.63) is 18.0 Å². The molecule has 2 nitrogen and oxygen atoms in total. The Morgan fingerprint density at radius 1 is 1.88 bits per heavy atom. The molecule has 0 aliphatic heterocycles. The highest BCUT2D eigenvalue weighted by molar-refractivity contribution is 7.92. The quantitative estimate of drug-likeness (QED) is 0.577. The third-order valence-corrected chi connectivity index (χ3v) is 1.10. The number of nitrogens with zero attached hydrogens (tertiary/aromatic N) is 2. The molecule has 0 fully saturated rings. The van der Waals surface area contributed by atoms with Crippen LogP contribution in [0.15, 0.2) is 12.4 Å². The lowest BCUT2D eigenvalue weighted by atomic mass is 10.4. The highest BCUT2D eigenvalue weighted by Crippen LogP contribution is 2.05. The average Bonchev–Trinajstić information content (AvgIpc) is 2.14. The Kier molecular flexibility index (Phi) is 1.53.